The number of rotatable bonds is 3. The Morgan fingerprint density at radius 1 is 1.29 bits per heavy atom. The third kappa shape index (κ3) is 3.59. The number of benzene rings is 1. The molecule has 9 heteroatoms. The van der Waals surface area contributed by atoms with Gasteiger partial charge in [0.25, 0.3) is 5.91 Å². The van der Waals surface area contributed by atoms with Gasteiger partial charge in [-0.3, -0.25) is 9.59 Å². The highest BCUT2D eigenvalue weighted by molar-refractivity contribution is 7.91. The van der Waals surface area contributed by atoms with E-state index in [1.807, 2.05) is 0 Å². The summed E-state index contributed by atoms with van der Waals surface area (Å²) in [7, 11) is -3.14. The first-order valence-electron chi connectivity index (χ1n) is 7.51. The van der Waals surface area contributed by atoms with Crippen molar-refractivity contribution >= 4 is 44.7 Å². The molecule has 2 aliphatic heterocycles. The minimum Gasteiger partial charge on any atom is -0.320 e. The second kappa shape index (κ2) is 6.52. The van der Waals surface area contributed by atoms with Gasteiger partial charge in [-0.25, -0.2) is 13.4 Å². The topological polar surface area (TPSA) is 95.9 Å². The minimum atomic E-state index is -3.14. The van der Waals surface area contributed by atoms with Crippen molar-refractivity contribution in [2.75, 3.05) is 16.8 Å². The van der Waals surface area contributed by atoms with Gasteiger partial charge in [-0.2, -0.15) is 5.10 Å². The summed E-state index contributed by atoms with van der Waals surface area (Å²) in [5.41, 5.74) is 0.651. The summed E-state index contributed by atoms with van der Waals surface area (Å²) in [6.45, 7) is 0. The third-order valence-corrected chi connectivity index (χ3v) is 6.08. The second-order valence-electron chi connectivity index (χ2n) is 5.78. The quantitative estimate of drug-likeness (QED) is 0.872. The van der Waals surface area contributed by atoms with Crippen LogP contribution in [0.3, 0.4) is 0 Å². The molecule has 1 atom stereocenters. The molecule has 1 aromatic rings. The zero-order valence-electron chi connectivity index (χ0n) is 12.7. The van der Waals surface area contributed by atoms with Crippen molar-refractivity contribution in [1.82, 2.24) is 5.01 Å². The van der Waals surface area contributed by atoms with Gasteiger partial charge in [0.15, 0.2) is 9.84 Å². The fourth-order valence-corrected chi connectivity index (χ4v) is 4.62. The number of sulfone groups is 1. The zero-order valence-corrected chi connectivity index (χ0v) is 14.3. The van der Waals surface area contributed by atoms with E-state index in [-0.39, 0.29) is 36.0 Å². The lowest BCUT2D eigenvalue weighted by Gasteiger charge is -2.27. The van der Waals surface area contributed by atoms with Crippen LogP contribution in [0.1, 0.15) is 19.3 Å². The van der Waals surface area contributed by atoms with Crippen LogP contribution in [0.4, 0.5) is 5.69 Å². The number of nitrogens with zero attached hydrogens (tertiary/aromatic N) is 2. The molecule has 2 aliphatic rings. The molecule has 2 heterocycles. The Morgan fingerprint density at radius 3 is 2.71 bits per heavy atom. The van der Waals surface area contributed by atoms with Gasteiger partial charge < -0.3 is 5.32 Å². The fraction of sp³-hybridized carbons (Fsp3) is 0.400. The van der Waals surface area contributed by atoms with Gasteiger partial charge in [-0.1, -0.05) is 23.7 Å². The molecule has 24 heavy (non-hydrogen) atoms. The largest absolute Gasteiger partial charge is 0.320 e. The van der Waals surface area contributed by atoms with E-state index in [1.54, 1.807) is 24.3 Å². The number of hydrogen-bond donors (Lipinski definition) is 1. The van der Waals surface area contributed by atoms with E-state index in [1.165, 1.54) is 0 Å². The van der Waals surface area contributed by atoms with Crippen molar-refractivity contribution in [3.63, 3.8) is 0 Å². The SMILES string of the molecule is O=C(Nc1ccccc1Cl)C1=NN([C@@H]2CCS(=O)(=O)C2)C(=O)CC1. The van der Waals surface area contributed by atoms with Gasteiger partial charge in [-0.15, -0.1) is 0 Å². The van der Waals surface area contributed by atoms with E-state index in [9.17, 15) is 18.0 Å². The molecule has 0 saturated carbocycles. The summed E-state index contributed by atoms with van der Waals surface area (Å²) in [5.74, 6) is -0.771. The van der Waals surface area contributed by atoms with E-state index < -0.39 is 21.8 Å². The summed E-state index contributed by atoms with van der Waals surface area (Å²) in [6.07, 6.45) is 0.688. The Kier molecular flexibility index (Phi) is 4.60. The molecule has 2 amide bonds. The zero-order chi connectivity index (χ0) is 17.3. The van der Waals surface area contributed by atoms with Crippen molar-refractivity contribution in [2.24, 2.45) is 5.10 Å². The first-order chi connectivity index (χ1) is 11.4. The van der Waals surface area contributed by atoms with E-state index in [4.69, 9.17) is 11.6 Å². The first-order valence-corrected chi connectivity index (χ1v) is 9.71. The van der Waals surface area contributed by atoms with Crippen LogP contribution in [0.25, 0.3) is 0 Å². The fourth-order valence-electron chi connectivity index (χ4n) is 2.75. The Bertz CT molecular complexity index is 822. The predicted molar refractivity (Wildman–Crippen MR) is 90.7 cm³/mol. The number of anilines is 1. The molecule has 1 N–H and O–H groups in total. The molecule has 0 unspecified atom stereocenters. The smallest absolute Gasteiger partial charge is 0.271 e. The molecule has 0 radical (unpaired) electrons. The minimum absolute atomic E-state index is 0.0398. The van der Waals surface area contributed by atoms with Gasteiger partial charge in [0.1, 0.15) is 5.71 Å². The van der Waals surface area contributed by atoms with Crippen LogP contribution in [0.15, 0.2) is 29.4 Å². The summed E-state index contributed by atoms with van der Waals surface area (Å²) < 4.78 is 23.2. The number of halogens is 1. The summed E-state index contributed by atoms with van der Waals surface area (Å²) in [4.78, 5) is 24.4. The average molecular weight is 370 g/mol. The maximum Gasteiger partial charge on any atom is 0.271 e. The molecule has 1 fully saturated rings. The predicted octanol–water partition coefficient (Wildman–Crippen LogP) is 1.44. The number of hydrazone groups is 1. The Morgan fingerprint density at radius 2 is 2.04 bits per heavy atom. The lowest BCUT2D eigenvalue weighted by molar-refractivity contribution is -0.133. The maximum absolute atomic E-state index is 12.4. The molecule has 1 aromatic carbocycles. The molecule has 128 valence electrons. The van der Waals surface area contributed by atoms with Gasteiger partial charge in [0.2, 0.25) is 5.91 Å². The standard InChI is InChI=1S/C15H16ClN3O4S/c16-11-3-1-2-4-12(11)17-15(21)13-5-6-14(20)19(18-13)10-7-8-24(22,23)9-10/h1-4,10H,5-9H2,(H,17,21)/t10-/m1/s1. The average Bonchev–Trinajstić information content (AvgIpc) is 2.90. The van der Waals surface area contributed by atoms with Gasteiger partial charge in [0.05, 0.1) is 28.3 Å². The lowest BCUT2D eigenvalue weighted by Crippen LogP contribution is -2.42. The Hall–Kier alpha value is -1.93. The van der Waals surface area contributed by atoms with E-state index in [0.717, 1.165) is 5.01 Å². The van der Waals surface area contributed by atoms with E-state index in [2.05, 4.69) is 10.4 Å². The van der Waals surface area contributed by atoms with Crippen molar-refractivity contribution in [3.8, 4) is 0 Å². The number of carbonyl (C=O) groups is 2. The van der Waals surface area contributed by atoms with Crippen LogP contribution in [0.5, 0.6) is 0 Å². The van der Waals surface area contributed by atoms with Crippen molar-refractivity contribution in [2.45, 2.75) is 25.3 Å². The molecule has 7 nitrogen and oxygen atoms in total. The number of amides is 2. The molecule has 0 aliphatic carbocycles. The van der Waals surface area contributed by atoms with E-state index in [0.29, 0.717) is 17.1 Å². The first kappa shape index (κ1) is 16.9. The Labute approximate surface area is 144 Å². The van der Waals surface area contributed by atoms with E-state index >= 15 is 0 Å². The molecular formula is C15H16ClN3O4S. The third-order valence-electron chi connectivity index (χ3n) is 4.00. The van der Waals surface area contributed by atoms with Crippen molar-refractivity contribution in [1.29, 1.82) is 0 Å². The molecular weight excluding hydrogens is 354 g/mol. The summed E-state index contributed by atoms with van der Waals surface area (Å²) >= 11 is 6.01. The number of carbonyl (C=O) groups excluding carboxylic acids is 2. The van der Waals surface area contributed by atoms with Gasteiger partial charge >= 0.3 is 0 Å². The highest BCUT2D eigenvalue weighted by Gasteiger charge is 2.37. The Balaban J connectivity index is 1.78. The van der Waals surface area contributed by atoms with Crippen molar-refractivity contribution in [3.05, 3.63) is 29.3 Å². The number of nitrogens with one attached hydrogen (secondary N) is 1. The number of hydrogen-bond acceptors (Lipinski definition) is 5. The second-order valence-corrected chi connectivity index (χ2v) is 8.41. The lowest BCUT2D eigenvalue weighted by atomic mass is 10.1. The normalized spacial score (nSPS) is 23.0. The highest BCUT2D eigenvalue weighted by atomic mass is 35.5. The summed E-state index contributed by atoms with van der Waals surface area (Å²) in [6, 6.07) is 6.31. The van der Waals surface area contributed by atoms with Crippen LogP contribution < -0.4 is 5.32 Å². The van der Waals surface area contributed by atoms with Crippen LogP contribution in [-0.2, 0) is 19.4 Å². The summed E-state index contributed by atoms with van der Waals surface area (Å²) in [5, 5.41) is 8.34. The maximum atomic E-state index is 12.4. The van der Waals surface area contributed by atoms with Crippen LogP contribution in [0.2, 0.25) is 5.02 Å². The molecule has 0 spiro atoms. The van der Waals surface area contributed by atoms with Crippen molar-refractivity contribution < 1.29 is 18.0 Å². The highest BCUT2D eigenvalue weighted by Crippen LogP contribution is 2.24. The number of para-hydroxylation sites is 1. The molecule has 0 aromatic heterocycles. The van der Waals surface area contributed by atoms with Gasteiger partial charge in [-0.05, 0) is 18.6 Å². The monoisotopic (exact) mass is 369 g/mol. The van der Waals surface area contributed by atoms with Crippen LogP contribution in [0, 0.1) is 0 Å². The molecule has 3 rings (SSSR count). The molecule has 1 saturated heterocycles. The molecule has 0 bridgehead atoms. The van der Waals surface area contributed by atoms with Crippen LogP contribution >= 0.6 is 11.6 Å². The van der Waals surface area contributed by atoms with Gasteiger partial charge in [0, 0.05) is 12.8 Å². The van der Waals surface area contributed by atoms with Crippen LogP contribution in [-0.4, -0.2) is 48.5 Å².